The van der Waals surface area contributed by atoms with E-state index in [1.807, 2.05) is 6.92 Å². The normalized spacial score (nSPS) is 13.6. The van der Waals surface area contributed by atoms with E-state index in [1.165, 1.54) is 0 Å². The van der Waals surface area contributed by atoms with E-state index in [0.717, 1.165) is 38.6 Å². The monoisotopic (exact) mass is 297 g/mol. The summed E-state index contributed by atoms with van der Waals surface area (Å²) in [4.78, 5) is 4.56. The molecule has 1 N–H and O–H groups in total. The molecule has 1 heterocycles. The Morgan fingerprint density at radius 2 is 1.95 bits per heavy atom. The molecule has 1 aromatic rings. The van der Waals surface area contributed by atoms with E-state index in [4.69, 9.17) is 9.26 Å². The molecule has 0 aliphatic carbocycles. The van der Waals surface area contributed by atoms with Crippen LogP contribution in [0.2, 0.25) is 0 Å². The topological polar surface area (TPSA) is 60.2 Å². The first-order valence-corrected chi connectivity index (χ1v) is 8.32. The molecule has 0 bridgehead atoms. The van der Waals surface area contributed by atoms with E-state index < -0.39 is 5.60 Å². The summed E-state index contributed by atoms with van der Waals surface area (Å²) in [6.07, 6.45) is 4.66. The summed E-state index contributed by atoms with van der Waals surface area (Å²) >= 11 is 0. The Labute approximate surface area is 128 Å². The van der Waals surface area contributed by atoms with Crippen LogP contribution in [0.4, 0.5) is 0 Å². The average Bonchev–Trinajstić information content (AvgIpc) is 2.98. The minimum atomic E-state index is -0.400. The van der Waals surface area contributed by atoms with Gasteiger partial charge in [0.1, 0.15) is 5.60 Å². The lowest BCUT2D eigenvalue weighted by atomic mass is 9.96. The van der Waals surface area contributed by atoms with Crippen molar-refractivity contribution in [3.63, 3.8) is 0 Å². The summed E-state index contributed by atoms with van der Waals surface area (Å²) in [5.74, 6) is 1.40. The van der Waals surface area contributed by atoms with Gasteiger partial charge in [0.15, 0.2) is 0 Å². The highest BCUT2D eigenvalue weighted by atomic mass is 16.5. The van der Waals surface area contributed by atoms with Crippen LogP contribution in [0.15, 0.2) is 4.52 Å². The largest absolute Gasteiger partial charge is 0.367 e. The van der Waals surface area contributed by atoms with Gasteiger partial charge in [-0.05, 0) is 46.1 Å². The van der Waals surface area contributed by atoms with Gasteiger partial charge in [0.2, 0.25) is 11.7 Å². The van der Waals surface area contributed by atoms with Gasteiger partial charge in [-0.3, -0.25) is 0 Å². The highest BCUT2D eigenvalue weighted by molar-refractivity contribution is 5.01. The molecule has 1 unspecified atom stereocenters. The predicted molar refractivity (Wildman–Crippen MR) is 84.3 cm³/mol. The molecule has 21 heavy (non-hydrogen) atoms. The lowest BCUT2D eigenvalue weighted by molar-refractivity contribution is -0.0583. The van der Waals surface area contributed by atoms with Crippen molar-refractivity contribution < 1.29 is 9.26 Å². The molecule has 0 radical (unpaired) electrons. The third-order valence-corrected chi connectivity index (χ3v) is 3.97. The molecule has 0 saturated heterocycles. The molecule has 5 heteroatoms. The Bertz CT molecular complexity index is 389. The first-order chi connectivity index (χ1) is 10.1. The molecule has 0 amide bonds. The average molecular weight is 297 g/mol. The number of nitrogens with one attached hydrogen (secondary N) is 1. The fourth-order valence-corrected chi connectivity index (χ4v) is 2.49. The minimum absolute atomic E-state index is 0.400. The number of aromatic nitrogens is 2. The van der Waals surface area contributed by atoms with Gasteiger partial charge in [-0.15, -0.1) is 0 Å². The number of nitrogens with zero attached hydrogens (tertiary/aromatic N) is 2. The summed E-state index contributed by atoms with van der Waals surface area (Å²) in [5, 5.41) is 7.63. The molecule has 0 fully saturated rings. The van der Waals surface area contributed by atoms with Crippen LogP contribution in [0.5, 0.6) is 0 Å². The summed E-state index contributed by atoms with van der Waals surface area (Å²) in [6, 6.07) is 0.467. The first kappa shape index (κ1) is 18.1. The number of aryl methyl sites for hydroxylation is 1. The Kier molecular flexibility index (Phi) is 7.89. The lowest BCUT2D eigenvalue weighted by Crippen LogP contribution is -2.30. The summed E-state index contributed by atoms with van der Waals surface area (Å²) < 4.78 is 11.3. The lowest BCUT2D eigenvalue weighted by Gasteiger charge is -2.27. The van der Waals surface area contributed by atoms with Crippen molar-refractivity contribution in [3.8, 4) is 0 Å². The second kappa shape index (κ2) is 9.15. The van der Waals surface area contributed by atoms with Crippen molar-refractivity contribution >= 4 is 0 Å². The smallest absolute Gasteiger partial charge is 0.226 e. The van der Waals surface area contributed by atoms with Gasteiger partial charge in [-0.25, -0.2) is 0 Å². The molecule has 0 saturated carbocycles. The van der Waals surface area contributed by atoms with Crippen LogP contribution in [-0.4, -0.2) is 29.3 Å². The zero-order valence-corrected chi connectivity index (χ0v) is 14.2. The van der Waals surface area contributed by atoms with E-state index in [0.29, 0.717) is 24.4 Å². The van der Waals surface area contributed by atoms with E-state index in [9.17, 15) is 0 Å². The Morgan fingerprint density at radius 1 is 1.24 bits per heavy atom. The first-order valence-electron chi connectivity index (χ1n) is 8.32. The van der Waals surface area contributed by atoms with E-state index in [2.05, 4.69) is 43.2 Å². The number of ether oxygens (including phenoxy) is 1. The Balaban J connectivity index is 2.63. The van der Waals surface area contributed by atoms with Gasteiger partial charge in [-0.1, -0.05) is 25.9 Å². The molecule has 5 nitrogen and oxygen atoms in total. The predicted octanol–water partition coefficient (Wildman–Crippen LogP) is 3.44. The molecular formula is C16H31N3O2. The van der Waals surface area contributed by atoms with Crippen LogP contribution in [0.25, 0.3) is 0 Å². The second-order valence-electron chi connectivity index (χ2n) is 5.54. The van der Waals surface area contributed by atoms with E-state index in [1.54, 1.807) is 0 Å². The van der Waals surface area contributed by atoms with Crippen molar-refractivity contribution in [3.05, 3.63) is 11.7 Å². The van der Waals surface area contributed by atoms with Gasteiger partial charge < -0.3 is 14.6 Å². The highest BCUT2D eigenvalue weighted by Gasteiger charge is 2.34. The second-order valence-corrected chi connectivity index (χ2v) is 5.54. The number of hydrogen-bond acceptors (Lipinski definition) is 5. The summed E-state index contributed by atoms with van der Waals surface area (Å²) in [5.41, 5.74) is -0.400. The van der Waals surface area contributed by atoms with Crippen LogP contribution in [-0.2, 0) is 16.8 Å². The van der Waals surface area contributed by atoms with Crippen LogP contribution < -0.4 is 5.32 Å². The zero-order chi connectivity index (χ0) is 15.7. The van der Waals surface area contributed by atoms with Crippen LogP contribution in [0, 0.1) is 0 Å². The molecule has 0 aliphatic heterocycles. The third kappa shape index (κ3) is 5.08. The van der Waals surface area contributed by atoms with Gasteiger partial charge in [0.25, 0.3) is 0 Å². The minimum Gasteiger partial charge on any atom is -0.367 e. The zero-order valence-electron chi connectivity index (χ0n) is 14.2. The van der Waals surface area contributed by atoms with Crippen molar-refractivity contribution in [1.29, 1.82) is 0 Å². The fraction of sp³-hybridized carbons (Fsp3) is 0.875. The maximum Gasteiger partial charge on any atom is 0.226 e. The van der Waals surface area contributed by atoms with Crippen LogP contribution in [0.1, 0.15) is 72.0 Å². The third-order valence-electron chi connectivity index (χ3n) is 3.97. The SMILES string of the molecule is CCCNC(C)CCc1nc(C(CC)(CC)OCC)no1. The van der Waals surface area contributed by atoms with Gasteiger partial charge in [-0.2, -0.15) is 4.98 Å². The van der Waals surface area contributed by atoms with E-state index in [-0.39, 0.29) is 0 Å². The number of hydrogen-bond donors (Lipinski definition) is 1. The maximum atomic E-state index is 5.91. The maximum absolute atomic E-state index is 5.91. The highest BCUT2D eigenvalue weighted by Crippen LogP contribution is 2.30. The van der Waals surface area contributed by atoms with Crippen molar-refractivity contribution in [2.24, 2.45) is 0 Å². The molecule has 1 aromatic heterocycles. The van der Waals surface area contributed by atoms with E-state index >= 15 is 0 Å². The summed E-state index contributed by atoms with van der Waals surface area (Å²) in [7, 11) is 0. The molecule has 1 rings (SSSR count). The molecule has 0 aliphatic rings. The molecular weight excluding hydrogens is 266 g/mol. The van der Waals surface area contributed by atoms with Crippen molar-refractivity contribution in [2.45, 2.75) is 78.4 Å². The molecule has 0 spiro atoms. The standard InChI is InChI=1S/C16H31N3O2/c1-6-12-17-13(5)10-11-14-18-15(19-21-14)16(7-2,8-3)20-9-4/h13,17H,6-12H2,1-5H3. The quantitative estimate of drug-likeness (QED) is 0.678. The van der Waals surface area contributed by atoms with Crippen molar-refractivity contribution in [2.75, 3.05) is 13.2 Å². The Hall–Kier alpha value is -0.940. The summed E-state index contributed by atoms with van der Waals surface area (Å²) in [6.45, 7) is 12.3. The van der Waals surface area contributed by atoms with Crippen LogP contribution >= 0.6 is 0 Å². The van der Waals surface area contributed by atoms with Crippen molar-refractivity contribution in [1.82, 2.24) is 15.5 Å². The fourth-order valence-electron chi connectivity index (χ4n) is 2.49. The molecule has 1 atom stereocenters. The molecule has 0 aromatic carbocycles. The van der Waals surface area contributed by atoms with Gasteiger partial charge in [0, 0.05) is 19.1 Å². The van der Waals surface area contributed by atoms with Gasteiger partial charge in [0.05, 0.1) is 0 Å². The Morgan fingerprint density at radius 3 is 2.52 bits per heavy atom. The molecule has 122 valence electrons. The number of rotatable bonds is 11. The van der Waals surface area contributed by atoms with Crippen LogP contribution in [0.3, 0.4) is 0 Å². The van der Waals surface area contributed by atoms with Gasteiger partial charge >= 0.3 is 0 Å².